The predicted molar refractivity (Wildman–Crippen MR) is 235 cm³/mol. The molecule has 0 bridgehead atoms. The van der Waals surface area contributed by atoms with Crippen molar-refractivity contribution in [3.05, 3.63) is 144 Å². The van der Waals surface area contributed by atoms with Gasteiger partial charge in [-0.1, -0.05) is 165 Å². The fourth-order valence-electron chi connectivity index (χ4n) is 10.1. The van der Waals surface area contributed by atoms with Gasteiger partial charge in [0.15, 0.2) is 0 Å². The first-order chi connectivity index (χ1) is 26.1. The summed E-state index contributed by atoms with van der Waals surface area (Å²) in [7, 11) is 0. The molecule has 0 fully saturated rings. The molecule has 0 heteroatoms. The van der Waals surface area contributed by atoms with E-state index in [0.717, 1.165) is 0 Å². The van der Waals surface area contributed by atoms with Crippen LogP contribution in [0.15, 0.2) is 121 Å². The molecule has 0 heterocycles. The van der Waals surface area contributed by atoms with Crippen LogP contribution >= 0.6 is 0 Å². The monoisotopic (exact) mass is 696 g/mol. The van der Waals surface area contributed by atoms with Gasteiger partial charge in [0.05, 0.1) is 0 Å². The van der Waals surface area contributed by atoms with E-state index in [-0.39, 0.29) is 0 Å². The summed E-state index contributed by atoms with van der Waals surface area (Å²) in [6.45, 7) is 18.6. The molecule has 0 N–H and O–H groups in total. The van der Waals surface area contributed by atoms with Crippen molar-refractivity contribution in [1.82, 2.24) is 0 Å². The van der Waals surface area contributed by atoms with Crippen molar-refractivity contribution in [3.63, 3.8) is 0 Å². The summed E-state index contributed by atoms with van der Waals surface area (Å²) < 4.78 is 0. The van der Waals surface area contributed by atoms with E-state index in [1.54, 1.807) is 0 Å². The highest BCUT2D eigenvalue weighted by Gasteiger charge is 2.30. The summed E-state index contributed by atoms with van der Waals surface area (Å²) in [6, 6.07) is 47.2. The maximum atomic E-state index is 2.42. The number of hydrogen-bond donors (Lipinski definition) is 0. The quantitative estimate of drug-likeness (QED) is 0.162. The highest BCUT2D eigenvalue weighted by atomic mass is 14.3. The molecule has 0 aliphatic heterocycles. The maximum Gasteiger partial charge on any atom is -0.00199 e. The fraction of sp³-hybridized carbons (Fsp3) is 0.222. The third kappa shape index (κ3) is 4.62. The van der Waals surface area contributed by atoms with Gasteiger partial charge in [0.25, 0.3) is 0 Å². The summed E-state index contributed by atoms with van der Waals surface area (Å²) >= 11 is 0. The van der Waals surface area contributed by atoms with Crippen molar-refractivity contribution in [2.75, 3.05) is 0 Å². The second kappa shape index (κ2) is 12.0. The highest BCUT2D eigenvalue weighted by molar-refractivity contribution is 6.21. The fourth-order valence-corrected chi connectivity index (χ4v) is 10.1. The molecule has 0 amide bonds. The van der Waals surface area contributed by atoms with Crippen LogP contribution in [0, 0.1) is 0 Å². The molecule has 0 radical (unpaired) electrons. The van der Waals surface area contributed by atoms with Crippen LogP contribution in [-0.4, -0.2) is 0 Å². The van der Waals surface area contributed by atoms with E-state index >= 15 is 0 Å². The van der Waals surface area contributed by atoms with Crippen molar-refractivity contribution >= 4 is 32.3 Å². The Balaban J connectivity index is 1.13. The molecule has 10 rings (SSSR count). The van der Waals surface area contributed by atoms with E-state index in [1.807, 2.05) is 0 Å². The van der Waals surface area contributed by atoms with E-state index in [1.165, 1.54) is 121 Å². The first kappa shape index (κ1) is 33.1. The zero-order valence-corrected chi connectivity index (χ0v) is 32.9. The lowest BCUT2D eigenvalue weighted by molar-refractivity contribution is 0.850. The molecule has 0 saturated carbocycles. The molecule has 0 nitrogen and oxygen atoms in total. The van der Waals surface area contributed by atoms with Crippen LogP contribution in [-0.2, 0) is 0 Å². The van der Waals surface area contributed by atoms with Gasteiger partial charge < -0.3 is 0 Å². The van der Waals surface area contributed by atoms with Gasteiger partial charge in [-0.15, -0.1) is 0 Å². The molecule has 8 aromatic rings. The van der Waals surface area contributed by atoms with Crippen molar-refractivity contribution in [3.8, 4) is 66.8 Å². The van der Waals surface area contributed by atoms with Gasteiger partial charge in [0.1, 0.15) is 0 Å². The molecule has 0 saturated heterocycles. The molecule has 0 atom stereocenters. The minimum atomic E-state index is 0.460. The standard InChI is InChI=1S/C54H48/c1-29(2)37-19-21-39(31(5)6)53-47-25-23-41(43-11-9-13-45(49(43)47)51(37)53)34-17-15-33-16-18-35(28-36(33)27-34)42-24-26-48-50-44(42)12-10-14-46(50)52-38(30(3)4)20-22-40(32(7)8)54(48)52/h9-32H,1-8H3. The number of rotatable bonds is 6. The maximum absolute atomic E-state index is 2.42. The van der Waals surface area contributed by atoms with Crippen LogP contribution < -0.4 is 0 Å². The van der Waals surface area contributed by atoms with Crippen LogP contribution in [0.5, 0.6) is 0 Å². The highest BCUT2D eigenvalue weighted by Crippen LogP contribution is 2.56. The predicted octanol–water partition coefficient (Wildman–Crippen LogP) is 16.3. The van der Waals surface area contributed by atoms with E-state index < -0.39 is 0 Å². The third-order valence-electron chi connectivity index (χ3n) is 12.6. The zero-order valence-electron chi connectivity index (χ0n) is 32.9. The van der Waals surface area contributed by atoms with E-state index in [4.69, 9.17) is 0 Å². The van der Waals surface area contributed by atoms with E-state index in [9.17, 15) is 0 Å². The Hall–Kier alpha value is -5.46. The number of fused-ring (bicyclic) bond motifs is 7. The summed E-state index contributed by atoms with van der Waals surface area (Å²) in [4.78, 5) is 0. The Morgan fingerprint density at radius 1 is 0.296 bits per heavy atom. The van der Waals surface area contributed by atoms with Crippen molar-refractivity contribution in [2.24, 2.45) is 0 Å². The van der Waals surface area contributed by atoms with Crippen molar-refractivity contribution in [1.29, 1.82) is 0 Å². The topological polar surface area (TPSA) is 0 Å². The molecule has 54 heavy (non-hydrogen) atoms. The van der Waals surface area contributed by atoms with Gasteiger partial charge in [0.2, 0.25) is 0 Å². The minimum Gasteiger partial charge on any atom is -0.0610 e. The molecular weight excluding hydrogens is 649 g/mol. The van der Waals surface area contributed by atoms with Gasteiger partial charge in [-0.3, -0.25) is 0 Å². The summed E-state index contributed by atoms with van der Waals surface area (Å²) in [5, 5.41) is 8.04. The lowest BCUT2D eigenvalue weighted by atomic mass is 9.85. The molecule has 2 aliphatic rings. The Morgan fingerprint density at radius 2 is 0.630 bits per heavy atom. The Kier molecular flexibility index (Phi) is 7.38. The lowest BCUT2D eigenvalue weighted by Crippen LogP contribution is -1.98. The SMILES string of the molecule is CC(C)c1ccc(C(C)C)c2c1-c1cccc3c(-c4ccc5ccc(-c6ccc7c8c(cccc68)-c6c(C(C)C)ccc(C(C)C)c6-7)cc5c4)ccc-2c13. The third-order valence-corrected chi connectivity index (χ3v) is 12.6. The van der Waals surface area contributed by atoms with Crippen LogP contribution in [0.1, 0.15) is 101 Å². The molecule has 8 aromatic carbocycles. The van der Waals surface area contributed by atoms with Gasteiger partial charge in [-0.2, -0.15) is 0 Å². The first-order valence-corrected chi connectivity index (χ1v) is 20.1. The number of benzene rings is 8. The molecule has 0 unspecified atom stereocenters. The van der Waals surface area contributed by atoms with E-state index in [0.29, 0.717) is 23.7 Å². The van der Waals surface area contributed by atoms with Gasteiger partial charge in [-0.05, 0) is 157 Å². The smallest absolute Gasteiger partial charge is 0.00199 e. The molecular formula is C54H48. The summed E-state index contributed by atoms with van der Waals surface area (Å²) in [6.07, 6.45) is 0. The van der Waals surface area contributed by atoms with Crippen LogP contribution in [0.3, 0.4) is 0 Å². The average Bonchev–Trinajstić information content (AvgIpc) is 3.69. The number of hydrogen-bond acceptors (Lipinski definition) is 0. The summed E-state index contributed by atoms with van der Waals surface area (Å²) in [5.41, 5.74) is 22.3. The first-order valence-electron chi connectivity index (χ1n) is 20.1. The lowest BCUT2D eigenvalue weighted by Gasteiger charge is -2.19. The van der Waals surface area contributed by atoms with Crippen LogP contribution in [0.25, 0.3) is 99.1 Å². The molecule has 0 spiro atoms. The Morgan fingerprint density at radius 3 is 0.981 bits per heavy atom. The Bertz CT molecular complexity index is 2600. The Labute approximate surface area is 320 Å². The average molecular weight is 697 g/mol. The van der Waals surface area contributed by atoms with Crippen LogP contribution in [0.2, 0.25) is 0 Å². The van der Waals surface area contributed by atoms with E-state index in [2.05, 4.69) is 177 Å². The largest absolute Gasteiger partial charge is 0.0610 e. The van der Waals surface area contributed by atoms with Crippen molar-refractivity contribution in [2.45, 2.75) is 79.1 Å². The second-order valence-electron chi connectivity index (χ2n) is 17.2. The van der Waals surface area contributed by atoms with Crippen molar-refractivity contribution < 1.29 is 0 Å². The summed E-state index contributed by atoms with van der Waals surface area (Å²) in [5.74, 6) is 1.84. The van der Waals surface area contributed by atoms with Gasteiger partial charge in [0, 0.05) is 0 Å². The van der Waals surface area contributed by atoms with Gasteiger partial charge >= 0.3 is 0 Å². The second-order valence-corrected chi connectivity index (χ2v) is 17.2. The molecule has 2 aliphatic carbocycles. The minimum absolute atomic E-state index is 0.460. The molecule has 264 valence electrons. The zero-order chi connectivity index (χ0) is 37.2. The normalized spacial score (nSPS) is 12.7. The van der Waals surface area contributed by atoms with Gasteiger partial charge in [-0.25, -0.2) is 0 Å². The van der Waals surface area contributed by atoms with Crippen LogP contribution in [0.4, 0.5) is 0 Å². The molecule has 0 aromatic heterocycles.